The minimum Gasteiger partial charge on any atom is -0.356 e. The number of aromatic nitrogens is 3. The zero-order valence-electron chi connectivity index (χ0n) is 15.3. The summed E-state index contributed by atoms with van der Waals surface area (Å²) in [5.74, 6) is 2.00. The molecule has 138 valence electrons. The van der Waals surface area contributed by atoms with E-state index in [2.05, 4.69) is 20.9 Å². The molecule has 1 amide bonds. The van der Waals surface area contributed by atoms with Crippen molar-refractivity contribution in [2.75, 3.05) is 49.1 Å². The molecule has 0 radical (unpaired) electrons. The number of hydrogen-bond donors (Lipinski definition) is 0. The van der Waals surface area contributed by atoms with Crippen molar-refractivity contribution in [3.05, 3.63) is 36.3 Å². The molecular weight excluding hydrogens is 328 g/mol. The molecule has 4 rings (SSSR count). The maximum absolute atomic E-state index is 12.4. The maximum atomic E-state index is 12.4. The van der Waals surface area contributed by atoms with E-state index in [0.717, 1.165) is 56.7 Å². The van der Waals surface area contributed by atoms with Crippen molar-refractivity contribution in [1.82, 2.24) is 19.4 Å². The van der Waals surface area contributed by atoms with Crippen molar-refractivity contribution in [3.63, 3.8) is 0 Å². The maximum Gasteiger partial charge on any atom is 0.242 e. The SMILES string of the molecule is Cc1cc(N2CCCC2)nc(N2CCN(C(=O)Cn3cccc3)CC2)n1. The van der Waals surface area contributed by atoms with Gasteiger partial charge in [-0.2, -0.15) is 4.98 Å². The van der Waals surface area contributed by atoms with Gasteiger partial charge in [-0.3, -0.25) is 4.79 Å². The molecule has 7 heteroatoms. The van der Waals surface area contributed by atoms with Gasteiger partial charge in [-0.05, 0) is 31.9 Å². The van der Waals surface area contributed by atoms with Crippen molar-refractivity contribution in [1.29, 1.82) is 0 Å². The van der Waals surface area contributed by atoms with Crippen molar-refractivity contribution in [2.24, 2.45) is 0 Å². The Kier molecular flexibility index (Phi) is 4.77. The van der Waals surface area contributed by atoms with Gasteiger partial charge in [-0.25, -0.2) is 4.98 Å². The Bertz CT molecular complexity index is 745. The smallest absolute Gasteiger partial charge is 0.242 e. The second kappa shape index (κ2) is 7.35. The first-order chi connectivity index (χ1) is 12.7. The lowest BCUT2D eigenvalue weighted by Gasteiger charge is -2.35. The highest BCUT2D eigenvalue weighted by molar-refractivity contribution is 5.76. The molecule has 2 fully saturated rings. The van der Waals surface area contributed by atoms with E-state index in [1.54, 1.807) is 0 Å². The Morgan fingerprint density at radius 3 is 2.35 bits per heavy atom. The Balaban J connectivity index is 1.39. The Morgan fingerprint density at radius 1 is 0.962 bits per heavy atom. The summed E-state index contributed by atoms with van der Waals surface area (Å²) >= 11 is 0. The summed E-state index contributed by atoms with van der Waals surface area (Å²) in [6.45, 7) is 7.59. The number of amides is 1. The van der Waals surface area contributed by atoms with E-state index >= 15 is 0 Å². The fourth-order valence-electron chi connectivity index (χ4n) is 3.67. The van der Waals surface area contributed by atoms with Crippen LogP contribution in [0.15, 0.2) is 30.6 Å². The minimum atomic E-state index is 0.170. The molecule has 0 unspecified atom stereocenters. The van der Waals surface area contributed by atoms with Gasteiger partial charge in [0.1, 0.15) is 12.4 Å². The summed E-state index contributed by atoms with van der Waals surface area (Å²) in [6, 6.07) is 5.96. The molecule has 0 spiro atoms. The van der Waals surface area contributed by atoms with Crippen LogP contribution < -0.4 is 9.80 Å². The van der Waals surface area contributed by atoms with Crippen molar-refractivity contribution in [3.8, 4) is 0 Å². The Morgan fingerprint density at radius 2 is 1.65 bits per heavy atom. The van der Waals surface area contributed by atoms with Crippen LogP contribution in [0.25, 0.3) is 0 Å². The highest BCUT2D eigenvalue weighted by Gasteiger charge is 2.24. The van der Waals surface area contributed by atoms with E-state index in [4.69, 9.17) is 4.98 Å². The standard InChI is InChI=1S/C19H26N6O/c1-16-14-17(23-8-4-5-9-23)21-19(20-16)25-12-10-24(11-13-25)18(26)15-22-6-2-3-7-22/h2-3,6-7,14H,4-5,8-13,15H2,1H3. The number of hydrogen-bond acceptors (Lipinski definition) is 5. The highest BCUT2D eigenvalue weighted by Crippen LogP contribution is 2.22. The molecule has 4 heterocycles. The highest BCUT2D eigenvalue weighted by atomic mass is 16.2. The third-order valence-electron chi connectivity index (χ3n) is 5.16. The number of nitrogens with zero attached hydrogens (tertiary/aromatic N) is 6. The van der Waals surface area contributed by atoms with Gasteiger partial charge >= 0.3 is 0 Å². The van der Waals surface area contributed by atoms with Gasteiger partial charge in [0.25, 0.3) is 0 Å². The Hall–Kier alpha value is -2.57. The van der Waals surface area contributed by atoms with E-state index in [-0.39, 0.29) is 5.91 Å². The van der Waals surface area contributed by atoms with Gasteiger partial charge in [-0.15, -0.1) is 0 Å². The Labute approximate surface area is 154 Å². The summed E-state index contributed by atoms with van der Waals surface area (Å²) < 4.78 is 1.92. The topological polar surface area (TPSA) is 57.5 Å². The normalized spacial score (nSPS) is 17.8. The largest absolute Gasteiger partial charge is 0.356 e. The zero-order chi connectivity index (χ0) is 17.9. The van der Waals surface area contributed by atoms with Crippen LogP contribution in [0.3, 0.4) is 0 Å². The predicted molar refractivity (Wildman–Crippen MR) is 101 cm³/mol. The van der Waals surface area contributed by atoms with Crippen molar-refractivity contribution in [2.45, 2.75) is 26.3 Å². The number of aryl methyl sites for hydroxylation is 1. The molecule has 2 saturated heterocycles. The average molecular weight is 354 g/mol. The summed E-state index contributed by atoms with van der Waals surface area (Å²) in [4.78, 5) is 28.4. The number of carbonyl (C=O) groups excluding carboxylic acids is 1. The zero-order valence-corrected chi connectivity index (χ0v) is 15.3. The van der Waals surface area contributed by atoms with Crippen molar-refractivity contribution >= 4 is 17.7 Å². The van der Waals surface area contributed by atoms with Gasteiger partial charge in [0, 0.05) is 63.4 Å². The average Bonchev–Trinajstić information content (AvgIpc) is 3.35. The fourth-order valence-corrected chi connectivity index (χ4v) is 3.67. The molecule has 7 nitrogen and oxygen atoms in total. The molecule has 2 aromatic rings. The third kappa shape index (κ3) is 3.66. The number of anilines is 2. The molecule has 0 atom stereocenters. The molecule has 2 aromatic heterocycles. The molecule has 0 aromatic carbocycles. The van der Waals surface area contributed by atoms with Crippen LogP contribution in [0.2, 0.25) is 0 Å². The quantitative estimate of drug-likeness (QED) is 0.834. The van der Waals surface area contributed by atoms with Crippen LogP contribution in [0.4, 0.5) is 11.8 Å². The third-order valence-corrected chi connectivity index (χ3v) is 5.16. The number of piperazine rings is 1. The molecule has 2 aliphatic heterocycles. The second-order valence-corrected chi connectivity index (χ2v) is 7.08. The minimum absolute atomic E-state index is 0.170. The molecule has 2 aliphatic rings. The first kappa shape index (κ1) is 16.9. The van der Waals surface area contributed by atoms with E-state index < -0.39 is 0 Å². The van der Waals surface area contributed by atoms with E-state index in [1.807, 2.05) is 40.9 Å². The van der Waals surface area contributed by atoms with Crippen LogP contribution in [0, 0.1) is 6.92 Å². The summed E-state index contributed by atoms with van der Waals surface area (Å²) in [7, 11) is 0. The lowest BCUT2D eigenvalue weighted by Crippen LogP contribution is -2.50. The van der Waals surface area contributed by atoms with Gasteiger partial charge < -0.3 is 19.3 Å². The fraction of sp³-hybridized carbons (Fsp3) is 0.526. The van der Waals surface area contributed by atoms with Crippen LogP contribution in [-0.2, 0) is 11.3 Å². The second-order valence-electron chi connectivity index (χ2n) is 7.08. The van der Waals surface area contributed by atoms with Crippen LogP contribution >= 0.6 is 0 Å². The molecule has 0 N–H and O–H groups in total. The first-order valence-electron chi connectivity index (χ1n) is 9.43. The summed E-state index contributed by atoms with van der Waals surface area (Å²) in [5.41, 5.74) is 1.00. The van der Waals surface area contributed by atoms with Gasteiger partial charge in [-0.1, -0.05) is 0 Å². The van der Waals surface area contributed by atoms with Crippen LogP contribution in [0.5, 0.6) is 0 Å². The molecule has 0 bridgehead atoms. The molecule has 0 aliphatic carbocycles. The van der Waals surface area contributed by atoms with Gasteiger partial charge in [0.05, 0.1) is 0 Å². The number of carbonyl (C=O) groups is 1. The summed E-state index contributed by atoms with van der Waals surface area (Å²) in [5, 5.41) is 0. The molecular formula is C19H26N6O. The predicted octanol–water partition coefficient (Wildman–Crippen LogP) is 1.54. The van der Waals surface area contributed by atoms with Crippen LogP contribution in [0.1, 0.15) is 18.5 Å². The van der Waals surface area contributed by atoms with Crippen molar-refractivity contribution < 1.29 is 4.79 Å². The van der Waals surface area contributed by atoms with Gasteiger partial charge in [0.2, 0.25) is 11.9 Å². The lowest BCUT2D eigenvalue weighted by molar-refractivity contribution is -0.132. The summed E-state index contributed by atoms with van der Waals surface area (Å²) in [6.07, 6.45) is 6.32. The van der Waals surface area contributed by atoms with E-state index in [1.165, 1.54) is 12.8 Å². The van der Waals surface area contributed by atoms with Gasteiger partial charge in [0.15, 0.2) is 0 Å². The van der Waals surface area contributed by atoms with E-state index in [0.29, 0.717) is 6.54 Å². The molecule has 26 heavy (non-hydrogen) atoms. The van der Waals surface area contributed by atoms with E-state index in [9.17, 15) is 4.79 Å². The molecule has 0 saturated carbocycles. The van der Waals surface area contributed by atoms with Crippen LogP contribution in [-0.4, -0.2) is 64.6 Å². The lowest BCUT2D eigenvalue weighted by atomic mass is 10.3. The monoisotopic (exact) mass is 354 g/mol. The number of rotatable bonds is 4. The first-order valence-corrected chi connectivity index (χ1v) is 9.43.